The minimum absolute atomic E-state index is 0. The molecule has 0 amide bonds. The minimum Gasteiger partial charge on any atom is -0.494 e. The van der Waals surface area contributed by atoms with Crippen molar-refractivity contribution in [2.45, 2.75) is 31.7 Å². The minimum atomic E-state index is 0. The maximum atomic E-state index is 5.77. The molecule has 0 saturated carbocycles. The number of para-hydroxylation sites is 1. The quantitative estimate of drug-likeness (QED) is 0.564. The van der Waals surface area contributed by atoms with Gasteiger partial charge in [0.25, 0.3) is 0 Å². The van der Waals surface area contributed by atoms with Gasteiger partial charge in [0, 0.05) is 11.8 Å². The first-order valence-corrected chi connectivity index (χ1v) is 6.50. The van der Waals surface area contributed by atoms with Gasteiger partial charge in [-0.3, -0.25) is 0 Å². The number of ether oxygens (including phenoxy) is 1. The Labute approximate surface area is 116 Å². The normalized spacial score (nSPS) is 11.6. The van der Waals surface area contributed by atoms with Crippen LogP contribution < -0.4 is 10.5 Å². The van der Waals surface area contributed by atoms with Crippen molar-refractivity contribution < 1.29 is 4.74 Å². The zero-order valence-electron chi connectivity index (χ0n) is 10.0. The Hall–Kier alpha value is -0.380. The third-order valence-electron chi connectivity index (χ3n) is 2.47. The van der Waals surface area contributed by atoms with Crippen LogP contribution in [0.15, 0.2) is 30.3 Å². The predicted octanol–water partition coefficient (Wildman–Crippen LogP) is 3.30. The molecule has 0 bridgehead atoms. The van der Waals surface area contributed by atoms with Gasteiger partial charge in [-0.15, -0.1) is 12.4 Å². The number of hydrogen-bond acceptors (Lipinski definition) is 3. The molecule has 4 heteroatoms. The van der Waals surface area contributed by atoms with Crippen LogP contribution >= 0.6 is 25.0 Å². The molecule has 1 aromatic rings. The fourth-order valence-electron chi connectivity index (χ4n) is 1.48. The van der Waals surface area contributed by atoms with Gasteiger partial charge in [-0.05, 0) is 25.0 Å². The van der Waals surface area contributed by atoms with Gasteiger partial charge in [0.2, 0.25) is 0 Å². The summed E-state index contributed by atoms with van der Waals surface area (Å²) >= 11 is 4.16. The monoisotopic (exact) mass is 275 g/mol. The highest BCUT2D eigenvalue weighted by molar-refractivity contribution is 7.80. The first kappa shape index (κ1) is 16.6. The summed E-state index contributed by atoms with van der Waals surface area (Å²) in [5.41, 5.74) is 5.77. The molecule has 2 nitrogen and oxygen atoms in total. The molecule has 0 heterocycles. The highest BCUT2D eigenvalue weighted by Gasteiger charge is 1.98. The van der Waals surface area contributed by atoms with Crippen LogP contribution in [0.1, 0.15) is 25.7 Å². The summed E-state index contributed by atoms with van der Waals surface area (Å²) in [6.45, 7) is 0.792. The van der Waals surface area contributed by atoms with E-state index in [1.807, 2.05) is 30.3 Å². The van der Waals surface area contributed by atoms with E-state index >= 15 is 0 Å². The lowest BCUT2D eigenvalue weighted by Crippen LogP contribution is -2.21. The standard InChI is InChI=1S/C13H21NOS.ClH/c14-12(11-16)7-3-2-6-10-15-13-8-4-1-5-9-13;/h1,4-5,8-9,12,16H,2-3,6-7,10-11,14H2;1H. The zero-order chi connectivity index (χ0) is 11.6. The summed E-state index contributed by atoms with van der Waals surface area (Å²) < 4.78 is 5.59. The van der Waals surface area contributed by atoms with Crippen molar-refractivity contribution in [1.29, 1.82) is 0 Å². The molecule has 0 radical (unpaired) electrons. The molecule has 98 valence electrons. The molecule has 2 N–H and O–H groups in total. The van der Waals surface area contributed by atoms with E-state index in [0.29, 0.717) is 0 Å². The zero-order valence-corrected chi connectivity index (χ0v) is 11.8. The fourth-order valence-corrected chi connectivity index (χ4v) is 1.67. The van der Waals surface area contributed by atoms with Gasteiger partial charge < -0.3 is 10.5 Å². The topological polar surface area (TPSA) is 35.2 Å². The lowest BCUT2D eigenvalue weighted by Gasteiger charge is -2.08. The van der Waals surface area contributed by atoms with Crippen LogP contribution in [0, 0.1) is 0 Å². The molecule has 1 atom stereocenters. The molecule has 0 fully saturated rings. The third-order valence-corrected chi connectivity index (χ3v) is 2.93. The second kappa shape index (κ2) is 10.8. The molecule has 0 aliphatic rings. The molecular formula is C13H22ClNOS. The molecule has 0 aliphatic carbocycles. The predicted molar refractivity (Wildman–Crippen MR) is 79.5 cm³/mol. The molecule has 0 spiro atoms. The van der Waals surface area contributed by atoms with Crippen LogP contribution in [-0.4, -0.2) is 18.4 Å². The van der Waals surface area contributed by atoms with Crippen molar-refractivity contribution in [3.8, 4) is 5.75 Å². The molecule has 0 saturated heterocycles. The van der Waals surface area contributed by atoms with Gasteiger partial charge in [0.05, 0.1) is 6.61 Å². The average molecular weight is 276 g/mol. The van der Waals surface area contributed by atoms with Crippen molar-refractivity contribution in [3.63, 3.8) is 0 Å². The van der Waals surface area contributed by atoms with Gasteiger partial charge in [0.1, 0.15) is 5.75 Å². The fraction of sp³-hybridized carbons (Fsp3) is 0.538. The maximum Gasteiger partial charge on any atom is 0.119 e. The SMILES string of the molecule is Cl.NC(CS)CCCCCOc1ccccc1. The first-order chi connectivity index (χ1) is 7.83. The average Bonchev–Trinajstić information content (AvgIpc) is 2.34. The third kappa shape index (κ3) is 8.36. The van der Waals surface area contributed by atoms with Crippen LogP contribution in [0.25, 0.3) is 0 Å². The Bertz CT molecular complexity index is 271. The molecule has 17 heavy (non-hydrogen) atoms. The Balaban J connectivity index is 0.00000256. The molecular weight excluding hydrogens is 254 g/mol. The summed E-state index contributed by atoms with van der Waals surface area (Å²) in [6.07, 6.45) is 4.50. The number of thiol groups is 1. The Morgan fingerprint density at radius 3 is 2.47 bits per heavy atom. The van der Waals surface area contributed by atoms with E-state index in [4.69, 9.17) is 10.5 Å². The number of unbranched alkanes of at least 4 members (excludes halogenated alkanes) is 2. The van der Waals surface area contributed by atoms with Crippen LogP contribution in [0.4, 0.5) is 0 Å². The van der Waals surface area contributed by atoms with Crippen LogP contribution in [0.3, 0.4) is 0 Å². The molecule has 0 aromatic heterocycles. The Morgan fingerprint density at radius 2 is 1.82 bits per heavy atom. The van der Waals surface area contributed by atoms with Crippen molar-refractivity contribution >= 4 is 25.0 Å². The summed E-state index contributed by atoms with van der Waals surface area (Å²) in [6, 6.07) is 10.2. The smallest absolute Gasteiger partial charge is 0.119 e. The van der Waals surface area contributed by atoms with E-state index in [1.165, 1.54) is 12.8 Å². The molecule has 1 aromatic carbocycles. The number of benzene rings is 1. The summed E-state index contributed by atoms with van der Waals surface area (Å²) in [7, 11) is 0. The first-order valence-electron chi connectivity index (χ1n) is 5.87. The van der Waals surface area contributed by atoms with E-state index < -0.39 is 0 Å². The van der Waals surface area contributed by atoms with Gasteiger partial charge in [0.15, 0.2) is 0 Å². The Morgan fingerprint density at radius 1 is 1.12 bits per heavy atom. The number of hydrogen-bond donors (Lipinski definition) is 2. The highest BCUT2D eigenvalue weighted by atomic mass is 35.5. The molecule has 1 unspecified atom stereocenters. The van der Waals surface area contributed by atoms with Gasteiger partial charge in [-0.25, -0.2) is 0 Å². The van der Waals surface area contributed by atoms with Crippen LogP contribution in [-0.2, 0) is 0 Å². The van der Waals surface area contributed by atoms with Crippen molar-refractivity contribution in [1.82, 2.24) is 0 Å². The van der Waals surface area contributed by atoms with E-state index in [-0.39, 0.29) is 18.4 Å². The van der Waals surface area contributed by atoms with Crippen LogP contribution in [0.5, 0.6) is 5.75 Å². The summed E-state index contributed by atoms with van der Waals surface area (Å²) in [5.74, 6) is 1.73. The van der Waals surface area contributed by atoms with Gasteiger partial charge >= 0.3 is 0 Å². The van der Waals surface area contributed by atoms with Gasteiger partial charge in [-0.1, -0.05) is 31.0 Å². The maximum absolute atomic E-state index is 5.77. The second-order valence-corrected chi connectivity index (χ2v) is 4.32. The lowest BCUT2D eigenvalue weighted by atomic mass is 10.1. The van der Waals surface area contributed by atoms with Crippen LogP contribution in [0.2, 0.25) is 0 Å². The van der Waals surface area contributed by atoms with E-state index in [0.717, 1.165) is 31.0 Å². The van der Waals surface area contributed by atoms with Crippen molar-refractivity contribution in [2.75, 3.05) is 12.4 Å². The largest absolute Gasteiger partial charge is 0.494 e. The second-order valence-electron chi connectivity index (χ2n) is 3.95. The summed E-state index contributed by atoms with van der Waals surface area (Å²) in [4.78, 5) is 0. The number of nitrogens with two attached hydrogens (primary N) is 1. The Kier molecular flexibility index (Phi) is 10.5. The molecule has 1 rings (SSSR count). The van der Waals surface area contributed by atoms with Crippen molar-refractivity contribution in [3.05, 3.63) is 30.3 Å². The van der Waals surface area contributed by atoms with E-state index in [1.54, 1.807) is 0 Å². The summed E-state index contributed by atoms with van der Waals surface area (Å²) in [5, 5.41) is 0. The lowest BCUT2D eigenvalue weighted by molar-refractivity contribution is 0.304. The van der Waals surface area contributed by atoms with E-state index in [9.17, 15) is 0 Å². The van der Waals surface area contributed by atoms with E-state index in [2.05, 4.69) is 12.6 Å². The van der Waals surface area contributed by atoms with Gasteiger partial charge in [-0.2, -0.15) is 12.6 Å². The number of halogens is 1. The highest BCUT2D eigenvalue weighted by Crippen LogP contribution is 2.10. The number of rotatable bonds is 8. The van der Waals surface area contributed by atoms with Crippen molar-refractivity contribution in [2.24, 2.45) is 5.73 Å². The molecule has 0 aliphatic heterocycles.